The number of hydrogen-bond donors (Lipinski definition) is 1. The molecule has 1 aliphatic rings. The van der Waals surface area contributed by atoms with Crippen LogP contribution in [0, 0.1) is 0 Å². The van der Waals surface area contributed by atoms with Crippen LogP contribution >= 0.6 is 0 Å². The van der Waals surface area contributed by atoms with Gasteiger partial charge in [-0.05, 0) is 26.3 Å². The van der Waals surface area contributed by atoms with Gasteiger partial charge in [-0.3, -0.25) is 4.98 Å². The number of rotatable bonds is 4. The van der Waals surface area contributed by atoms with Crippen LogP contribution in [-0.2, 0) is 6.54 Å². The van der Waals surface area contributed by atoms with Crippen molar-refractivity contribution in [1.82, 2.24) is 15.3 Å². The van der Waals surface area contributed by atoms with Crippen molar-refractivity contribution in [2.45, 2.75) is 31.9 Å². The SMILES string of the molecule is CNCc1cnc(OC2CCC2)cn1. The Labute approximate surface area is 83.7 Å². The molecular formula is C10H15N3O. The molecule has 4 nitrogen and oxygen atoms in total. The number of nitrogens with one attached hydrogen (secondary N) is 1. The van der Waals surface area contributed by atoms with Gasteiger partial charge < -0.3 is 10.1 Å². The molecule has 0 spiro atoms. The van der Waals surface area contributed by atoms with Crippen LogP contribution in [0.1, 0.15) is 25.0 Å². The highest BCUT2D eigenvalue weighted by molar-refractivity contribution is 5.07. The smallest absolute Gasteiger partial charge is 0.232 e. The minimum absolute atomic E-state index is 0.374. The summed E-state index contributed by atoms with van der Waals surface area (Å²) in [5, 5.41) is 3.02. The van der Waals surface area contributed by atoms with E-state index in [0.29, 0.717) is 12.0 Å². The average Bonchev–Trinajstić information content (AvgIpc) is 2.14. The van der Waals surface area contributed by atoms with E-state index in [1.54, 1.807) is 12.4 Å². The number of ether oxygens (including phenoxy) is 1. The molecule has 0 aliphatic heterocycles. The van der Waals surface area contributed by atoms with E-state index in [4.69, 9.17) is 4.74 Å². The van der Waals surface area contributed by atoms with E-state index in [0.717, 1.165) is 25.1 Å². The summed E-state index contributed by atoms with van der Waals surface area (Å²) in [6.45, 7) is 0.747. The Morgan fingerprint density at radius 1 is 1.43 bits per heavy atom. The molecule has 0 unspecified atom stereocenters. The fourth-order valence-electron chi connectivity index (χ4n) is 1.34. The topological polar surface area (TPSA) is 47.0 Å². The maximum Gasteiger partial charge on any atom is 0.232 e. The van der Waals surface area contributed by atoms with Crippen molar-refractivity contribution in [3.05, 3.63) is 18.1 Å². The lowest BCUT2D eigenvalue weighted by Gasteiger charge is -2.25. The second kappa shape index (κ2) is 4.37. The van der Waals surface area contributed by atoms with Gasteiger partial charge in [0, 0.05) is 6.54 Å². The van der Waals surface area contributed by atoms with Gasteiger partial charge in [-0.25, -0.2) is 4.98 Å². The first-order valence-corrected chi connectivity index (χ1v) is 5.00. The largest absolute Gasteiger partial charge is 0.473 e. The average molecular weight is 193 g/mol. The van der Waals surface area contributed by atoms with Crippen LogP contribution in [0.3, 0.4) is 0 Å². The Bertz CT molecular complexity index is 282. The van der Waals surface area contributed by atoms with Crippen LogP contribution < -0.4 is 10.1 Å². The molecule has 0 saturated heterocycles. The Morgan fingerprint density at radius 2 is 2.29 bits per heavy atom. The summed E-state index contributed by atoms with van der Waals surface area (Å²) in [6, 6.07) is 0. The van der Waals surface area contributed by atoms with Crippen molar-refractivity contribution in [1.29, 1.82) is 0 Å². The summed E-state index contributed by atoms with van der Waals surface area (Å²) in [6.07, 6.45) is 7.41. The molecule has 1 fully saturated rings. The molecule has 14 heavy (non-hydrogen) atoms. The number of aromatic nitrogens is 2. The van der Waals surface area contributed by atoms with E-state index < -0.39 is 0 Å². The summed E-state index contributed by atoms with van der Waals surface area (Å²) in [5.41, 5.74) is 0.938. The Hall–Kier alpha value is -1.16. The maximum atomic E-state index is 5.59. The van der Waals surface area contributed by atoms with Crippen LogP contribution in [-0.4, -0.2) is 23.1 Å². The van der Waals surface area contributed by atoms with E-state index in [-0.39, 0.29) is 0 Å². The third-order valence-electron chi connectivity index (χ3n) is 2.38. The highest BCUT2D eigenvalue weighted by Crippen LogP contribution is 2.23. The molecule has 4 heteroatoms. The van der Waals surface area contributed by atoms with E-state index in [2.05, 4.69) is 15.3 Å². The lowest BCUT2D eigenvalue weighted by molar-refractivity contribution is 0.114. The predicted molar refractivity (Wildman–Crippen MR) is 53.1 cm³/mol. The molecule has 2 rings (SSSR count). The van der Waals surface area contributed by atoms with Crippen LogP contribution in [0.2, 0.25) is 0 Å². The second-order valence-electron chi connectivity index (χ2n) is 3.55. The second-order valence-corrected chi connectivity index (χ2v) is 3.55. The Balaban J connectivity index is 1.91. The summed E-state index contributed by atoms with van der Waals surface area (Å²) < 4.78 is 5.59. The standard InChI is InChI=1S/C10H15N3O/c1-11-5-8-6-13-10(7-12-8)14-9-3-2-4-9/h6-7,9,11H,2-5H2,1H3. The van der Waals surface area contributed by atoms with Crippen molar-refractivity contribution in [3.63, 3.8) is 0 Å². The molecule has 1 aromatic heterocycles. The summed E-state index contributed by atoms with van der Waals surface area (Å²) in [5.74, 6) is 0.648. The molecule has 1 N–H and O–H groups in total. The van der Waals surface area contributed by atoms with Crippen LogP contribution in [0.5, 0.6) is 5.88 Å². The summed E-state index contributed by atoms with van der Waals surface area (Å²) in [7, 11) is 1.89. The van der Waals surface area contributed by atoms with Gasteiger partial charge in [0.15, 0.2) is 0 Å². The molecule has 0 aromatic carbocycles. The zero-order valence-electron chi connectivity index (χ0n) is 8.36. The van der Waals surface area contributed by atoms with Gasteiger partial charge in [0.2, 0.25) is 5.88 Å². The van der Waals surface area contributed by atoms with E-state index in [1.165, 1.54) is 6.42 Å². The highest BCUT2D eigenvalue weighted by Gasteiger charge is 2.19. The Morgan fingerprint density at radius 3 is 2.79 bits per heavy atom. The summed E-state index contributed by atoms with van der Waals surface area (Å²) in [4.78, 5) is 8.42. The molecule has 1 heterocycles. The van der Waals surface area contributed by atoms with Crippen molar-refractivity contribution in [2.75, 3.05) is 7.05 Å². The van der Waals surface area contributed by atoms with Crippen LogP contribution in [0.4, 0.5) is 0 Å². The van der Waals surface area contributed by atoms with E-state index in [1.807, 2.05) is 7.05 Å². The fraction of sp³-hybridized carbons (Fsp3) is 0.600. The van der Waals surface area contributed by atoms with Gasteiger partial charge in [0.1, 0.15) is 6.10 Å². The first-order valence-electron chi connectivity index (χ1n) is 5.00. The third kappa shape index (κ3) is 2.20. The van der Waals surface area contributed by atoms with E-state index >= 15 is 0 Å². The number of hydrogen-bond acceptors (Lipinski definition) is 4. The minimum Gasteiger partial charge on any atom is -0.473 e. The molecule has 0 atom stereocenters. The van der Waals surface area contributed by atoms with Crippen molar-refractivity contribution >= 4 is 0 Å². The normalized spacial score (nSPS) is 16.4. The molecule has 1 saturated carbocycles. The molecule has 1 aliphatic carbocycles. The minimum atomic E-state index is 0.374. The fourth-order valence-corrected chi connectivity index (χ4v) is 1.34. The predicted octanol–water partition coefficient (Wildman–Crippen LogP) is 1.13. The zero-order valence-corrected chi connectivity index (χ0v) is 8.36. The number of nitrogens with zero attached hydrogens (tertiary/aromatic N) is 2. The van der Waals surface area contributed by atoms with Crippen molar-refractivity contribution in [2.24, 2.45) is 0 Å². The van der Waals surface area contributed by atoms with Crippen molar-refractivity contribution in [3.8, 4) is 5.88 Å². The monoisotopic (exact) mass is 193 g/mol. The van der Waals surface area contributed by atoms with Gasteiger partial charge in [0.25, 0.3) is 0 Å². The zero-order chi connectivity index (χ0) is 9.80. The first-order chi connectivity index (χ1) is 6.88. The molecule has 0 radical (unpaired) electrons. The third-order valence-corrected chi connectivity index (χ3v) is 2.38. The summed E-state index contributed by atoms with van der Waals surface area (Å²) >= 11 is 0. The lowest BCUT2D eigenvalue weighted by Crippen LogP contribution is -2.25. The van der Waals surface area contributed by atoms with Crippen LogP contribution in [0.25, 0.3) is 0 Å². The van der Waals surface area contributed by atoms with E-state index in [9.17, 15) is 0 Å². The molecule has 76 valence electrons. The quantitative estimate of drug-likeness (QED) is 0.778. The molecule has 0 bridgehead atoms. The van der Waals surface area contributed by atoms with Crippen molar-refractivity contribution < 1.29 is 4.74 Å². The Kier molecular flexibility index (Phi) is 2.93. The van der Waals surface area contributed by atoms with Gasteiger partial charge in [-0.15, -0.1) is 0 Å². The highest BCUT2D eigenvalue weighted by atomic mass is 16.5. The van der Waals surface area contributed by atoms with Gasteiger partial charge >= 0.3 is 0 Å². The molecular weight excluding hydrogens is 178 g/mol. The molecule has 0 amide bonds. The van der Waals surface area contributed by atoms with Gasteiger partial charge in [0.05, 0.1) is 18.1 Å². The van der Waals surface area contributed by atoms with Crippen LogP contribution in [0.15, 0.2) is 12.4 Å². The maximum absolute atomic E-state index is 5.59. The molecule has 1 aromatic rings. The first kappa shape index (κ1) is 9.40. The van der Waals surface area contributed by atoms with Gasteiger partial charge in [-0.1, -0.05) is 0 Å². The lowest BCUT2D eigenvalue weighted by atomic mass is 9.96. The van der Waals surface area contributed by atoms with Gasteiger partial charge in [-0.2, -0.15) is 0 Å².